The van der Waals surface area contributed by atoms with Gasteiger partial charge < -0.3 is 15.7 Å². The van der Waals surface area contributed by atoms with Gasteiger partial charge in [0.15, 0.2) is 0 Å². The molecule has 0 saturated heterocycles. The summed E-state index contributed by atoms with van der Waals surface area (Å²) in [5.74, 6) is -0.597. The summed E-state index contributed by atoms with van der Waals surface area (Å²) in [5, 5.41) is 17.0. The van der Waals surface area contributed by atoms with E-state index in [1.54, 1.807) is 6.92 Å². The summed E-state index contributed by atoms with van der Waals surface area (Å²) in [4.78, 5) is 29.7. The third-order valence-corrected chi connectivity index (χ3v) is 6.04. The number of amides is 3. The minimum absolute atomic E-state index is 0.201. The number of nitrogens with zero attached hydrogens (tertiary/aromatic N) is 1. The van der Waals surface area contributed by atoms with Crippen LogP contribution in [0.25, 0.3) is 0 Å². The molecule has 6 nitrogen and oxygen atoms in total. The van der Waals surface area contributed by atoms with E-state index in [0.29, 0.717) is 12.3 Å². The molecule has 3 rings (SSSR count). The number of hydrogen-bond donors (Lipinski definition) is 3. The summed E-state index contributed by atoms with van der Waals surface area (Å²) in [6.45, 7) is 14.3. The topological polar surface area (TPSA) is 90.8 Å². The second-order valence-electron chi connectivity index (χ2n) is 10.8. The fourth-order valence-electron chi connectivity index (χ4n) is 4.21. The van der Waals surface area contributed by atoms with E-state index in [1.165, 1.54) is 0 Å². The maximum absolute atomic E-state index is 13.3. The molecule has 0 aliphatic carbocycles. The molecule has 3 N–H and O–H groups in total. The third kappa shape index (κ3) is 5.44. The highest BCUT2D eigenvalue weighted by atomic mass is 16.3. The summed E-state index contributed by atoms with van der Waals surface area (Å²) in [6, 6.07) is 12.4. The van der Waals surface area contributed by atoms with E-state index >= 15 is 0 Å². The number of nitrogens with one attached hydrogen (secondary N) is 2. The van der Waals surface area contributed by atoms with Crippen molar-refractivity contribution in [3.63, 3.8) is 0 Å². The lowest BCUT2D eigenvalue weighted by molar-refractivity contribution is -0.123. The number of phenolic OH excluding ortho intramolecular Hbond substituents is 1. The molecule has 0 aromatic heterocycles. The quantitative estimate of drug-likeness (QED) is 0.603. The van der Waals surface area contributed by atoms with Crippen molar-refractivity contribution >= 4 is 17.6 Å². The first kappa shape index (κ1) is 24.5. The molecule has 0 spiro atoms. The predicted octanol–water partition coefficient (Wildman–Crippen LogP) is 5.15. The lowest BCUT2D eigenvalue weighted by Crippen LogP contribution is -2.47. The van der Waals surface area contributed by atoms with E-state index in [4.69, 9.17) is 0 Å². The molecule has 176 valence electrons. The van der Waals surface area contributed by atoms with Gasteiger partial charge in [-0.1, -0.05) is 71.9 Å². The summed E-state index contributed by atoms with van der Waals surface area (Å²) in [6.07, 6.45) is 0. The lowest BCUT2D eigenvalue weighted by atomic mass is 9.76. The molecule has 1 aliphatic rings. The number of carbonyl (C=O) groups is 2. The molecular formula is C27H35N3O3. The highest BCUT2D eigenvalue weighted by Gasteiger charge is 2.38. The van der Waals surface area contributed by atoms with Crippen molar-refractivity contribution in [3.05, 3.63) is 64.7 Å². The van der Waals surface area contributed by atoms with Crippen LogP contribution in [0.3, 0.4) is 0 Å². The van der Waals surface area contributed by atoms with Crippen LogP contribution in [0.15, 0.2) is 47.5 Å². The molecule has 3 amide bonds. The molecule has 1 aliphatic heterocycles. The van der Waals surface area contributed by atoms with Crippen LogP contribution in [0.2, 0.25) is 0 Å². The molecule has 1 heterocycles. The SMILES string of the molecule is CC1=NC(=O)NC(c2cc(C(C)(C)C)c(O)c(C(C)(C)C)c2)C1C(=O)NCc1ccccc1. The number of carbonyl (C=O) groups excluding carboxylic acids is 2. The minimum Gasteiger partial charge on any atom is -0.507 e. The zero-order chi connectivity index (χ0) is 24.6. The molecule has 2 atom stereocenters. The van der Waals surface area contributed by atoms with Gasteiger partial charge in [-0.3, -0.25) is 4.79 Å². The molecule has 0 fully saturated rings. The van der Waals surface area contributed by atoms with Crippen molar-refractivity contribution in [2.75, 3.05) is 0 Å². The molecule has 2 unspecified atom stereocenters. The van der Waals surface area contributed by atoms with Crippen molar-refractivity contribution in [1.82, 2.24) is 10.6 Å². The second kappa shape index (κ2) is 9.00. The number of rotatable bonds is 4. The van der Waals surface area contributed by atoms with Crippen LogP contribution in [0.5, 0.6) is 5.75 Å². The molecule has 6 heteroatoms. The Labute approximate surface area is 196 Å². The van der Waals surface area contributed by atoms with Gasteiger partial charge in [-0.2, -0.15) is 0 Å². The minimum atomic E-state index is -0.656. The van der Waals surface area contributed by atoms with Gasteiger partial charge in [0.05, 0.1) is 6.04 Å². The van der Waals surface area contributed by atoms with Gasteiger partial charge >= 0.3 is 6.03 Å². The molecule has 0 saturated carbocycles. The van der Waals surface area contributed by atoms with Crippen LogP contribution in [0.4, 0.5) is 4.79 Å². The van der Waals surface area contributed by atoms with Crippen molar-refractivity contribution in [2.24, 2.45) is 10.9 Å². The van der Waals surface area contributed by atoms with Crippen molar-refractivity contribution in [3.8, 4) is 5.75 Å². The van der Waals surface area contributed by atoms with Gasteiger partial charge in [0.1, 0.15) is 11.7 Å². The van der Waals surface area contributed by atoms with Gasteiger partial charge in [-0.15, -0.1) is 0 Å². The summed E-state index contributed by atoms with van der Waals surface area (Å²) in [5.41, 5.74) is 3.15. The van der Waals surface area contributed by atoms with Gasteiger partial charge in [0.2, 0.25) is 5.91 Å². The third-order valence-electron chi connectivity index (χ3n) is 6.04. The first-order chi connectivity index (χ1) is 15.3. The maximum Gasteiger partial charge on any atom is 0.341 e. The summed E-state index contributed by atoms with van der Waals surface area (Å²) in [7, 11) is 0. The van der Waals surface area contributed by atoms with E-state index in [9.17, 15) is 14.7 Å². The fraction of sp³-hybridized carbons (Fsp3) is 0.444. The second-order valence-corrected chi connectivity index (χ2v) is 10.8. The fourth-order valence-corrected chi connectivity index (χ4v) is 4.21. The smallest absolute Gasteiger partial charge is 0.341 e. The Hall–Kier alpha value is -3.15. The van der Waals surface area contributed by atoms with Gasteiger partial charge in [-0.05, 0) is 52.1 Å². The first-order valence-corrected chi connectivity index (χ1v) is 11.3. The average Bonchev–Trinajstić information content (AvgIpc) is 2.70. The summed E-state index contributed by atoms with van der Waals surface area (Å²) >= 11 is 0. The molecule has 0 radical (unpaired) electrons. The monoisotopic (exact) mass is 449 g/mol. The van der Waals surface area contributed by atoms with Crippen LogP contribution < -0.4 is 10.6 Å². The van der Waals surface area contributed by atoms with Crippen LogP contribution in [-0.4, -0.2) is 22.8 Å². The number of aromatic hydroxyl groups is 1. The van der Waals surface area contributed by atoms with E-state index < -0.39 is 18.0 Å². The van der Waals surface area contributed by atoms with Gasteiger partial charge in [-0.25, -0.2) is 9.79 Å². The molecule has 33 heavy (non-hydrogen) atoms. The van der Waals surface area contributed by atoms with Gasteiger partial charge in [0.25, 0.3) is 0 Å². The van der Waals surface area contributed by atoms with Crippen molar-refractivity contribution < 1.29 is 14.7 Å². The Kier molecular flexibility index (Phi) is 6.68. The zero-order valence-corrected chi connectivity index (χ0v) is 20.6. The molecule has 2 aromatic rings. The normalized spacial score (nSPS) is 19.0. The number of aliphatic imine (C=N–C) groups is 1. The van der Waals surface area contributed by atoms with E-state index in [1.807, 2.05) is 84.0 Å². The Morgan fingerprint density at radius 3 is 2.09 bits per heavy atom. The Morgan fingerprint density at radius 1 is 1.03 bits per heavy atom. The van der Waals surface area contributed by atoms with E-state index in [0.717, 1.165) is 22.3 Å². The summed E-state index contributed by atoms with van der Waals surface area (Å²) < 4.78 is 0. The number of benzene rings is 2. The Balaban J connectivity index is 2.05. The van der Waals surface area contributed by atoms with Crippen LogP contribution >= 0.6 is 0 Å². The molecule has 0 bridgehead atoms. The van der Waals surface area contributed by atoms with Crippen LogP contribution in [-0.2, 0) is 22.2 Å². The Bertz CT molecular complexity index is 1040. The lowest BCUT2D eigenvalue weighted by Gasteiger charge is -2.34. The zero-order valence-electron chi connectivity index (χ0n) is 20.6. The average molecular weight is 450 g/mol. The highest BCUT2D eigenvalue weighted by molar-refractivity contribution is 6.09. The highest BCUT2D eigenvalue weighted by Crippen LogP contribution is 2.42. The first-order valence-electron chi connectivity index (χ1n) is 11.3. The maximum atomic E-state index is 13.3. The Morgan fingerprint density at radius 2 is 1.58 bits per heavy atom. The van der Waals surface area contributed by atoms with Crippen molar-refractivity contribution in [1.29, 1.82) is 0 Å². The largest absolute Gasteiger partial charge is 0.507 e. The molecular weight excluding hydrogens is 414 g/mol. The standard InChI is InChI=1S/C27H35N3O3/c1-16-21(24(32)28-15-17-11-9-8-10-12-17)22(30-25(33)29-16)18-13-19(26(2,3)4)23(31)20(14-18)27(5,6)7/h8-14,21-22,31H,15H2,1-7H3,(H,28,32)(H,30,33). The van der Waals surface area contributed by atoms with E-state index in [-0.39, 0.29) is 22.5 Å². The number of hydrogen-bond acceptors (Lipinski definition) is 3. The predicted molar refractivity (Wildman–Crippen MR) is 132 cm³/mol. The molecule has 2 aromatic carbocycles. The number of urea groups is 1. The van der Waals surface area contributed by atoms with Crippen LogP contribution in [0, 0.1) is 5.92 Å². The number of phenols is 1. The van der Waals surface area contributed by atoms with Crippen LogP contribution in [0.1, 0.15) is 76.8 Å². The van der Waals surface area contributed by atoms with E-state index in [2.05, 4.69) is 15.6 Å². The van der Waals surface area contributed by atoms with Crippen molar-refractivity contribution in [2.45, 2.75) is 71.9 Å². The van der Waals surface area contributed by atoms with Gasteiger partial charge in [0, 0.05) is 12.3 Å².